The quantitative estimate of drug-likeness (QED) is 0.858. The number of hydrogen-bond donors (Lipinski definition) is 1. The average Bonchev–Trinajstić information content (AvgIpc) is 2.15. The molecule has 0 aliphatic heterocycles. The highest BCUT2D eigenvalue weighted by Crippen LogP contribution is 2.28. The van der Waals surface area contributed by atoms with Crippen LogP contribution in [0, 0.1) is 5.92 Å². The number of benzene rings is 1. The van der Waals surface area contributed by atoms with Crippen LogP contribution in [0.1, 0.15) is 5.56 Å². The zero-order chi connectivity index (χ0) is 11.5. The van der Waals surface area contributed by atoms with Gasteiger partial charge in [0.25, 0.3) is 0 Å². The van der Waals surface area contributed by atoms with Gasteiger partial charge in [0.2, 0.25) is 0 Å². The maximum absolute atomic E-state index is 12.3. The summed E-state index contributed by atoms with van der Waals surface area (Å²) in [5, 5.41) is 9.11. The lowest BCUT2D eigenvalue weighted by Gasteiger charge is -2.17. The molecule has 0 heterocycles. The lowest BCUT2D eigenvalue weighted by atomic mass is 10.00. The molecule has 5 heteroatoms. The first-order chi connectivity index (χ1) is 6.93. The van der Waals surface area contributed by atoms with Crippen LogP contribution in [0.4, 0.5) is 13.2 Å². The van der Waals surface area contributed by atoms with Gasteiger partial charge in [-0.15, -0.1) is 0 Å². The van der Waals surface area contributed by atoms with Crippen molar-refractivity contribution in [1.29, 1.82) is 0 Å². The van der Waals surface area contributed by atoms with Gasteiger partial charge in [-0.1, -0.05) is 23.7 Å². The second kappa shape index (κ2) is 4.86. The molecule has 0 aromatic heterocycles. The molecule has 1 rings (SSSR count). The molecular formula is C10H10ClF3O. The third-order valence-electron chi connectivity index (χ3n) is 2.08. The van der Waals surface area contributed by atoms with Crippen molar-refractivity contribution in [3.63, 3.8) is 0 Å². The molecule has 0 amide bonds. The molecule has 1 aromatic rings. The van der Waals surface area contributed by atoms with E-state index in [4.69, 9.17) is 16.7 Å². The molecule has 0 fully saturated rings. The molecule has 1 atom stereocenters. The van der Waals surface area contributed by atoms with Crippen LogP contribution >= 0.6 is 11.6 Å². The van der Waals surface area contributed by atoms with Gasteiger partial charge in [0.05, 0.1) is 12.5 Å². The third-order valence-corrected chi connectivity index (χ3v) is 2.33. The molecule has 15 heavy (non-hydrogen) atoms. The molecule has 0 unspecified atom stereocenters. The van der Waals surface area contributed by atoms with E-state index in [9.17, 15) is 13.2 Å². The maximum Gasteiger partial charge on any atom is 0.394 e. The minimum Gasteiger partial charge on any atom is -0.396 e. The normalized spacial score (nSPS) is 13.9. The van der Waals surface area contributed by atoms with E-state index in [0.717, 1.165) is 0 Å². The summed E-state index contributed by atoms with van der Waals surface area (Å²) in [5.74, 6) is -1.71. The summed E-state index contributed by atoms with van der Waals surface area (Å²) in [6.45, 7) is -0.897. The Balaban J connectivity index is 2.71. The monoisotopic (exact) mass is 238 g/mol. The minimum atomic E-state index is -4.37. The highest BCUT2D eigenvalue weighted by molar-refractivity contribution is 6.30. The van der Waals surface area contributed by atoms with Gasteiger partial charge in [0, 0.05) is 5.02 Å². The Labute approximate surface area is 90.5 Å². The van der Waals surface area contributed by atoms with Gasteiger partial charge in [-0.05, 0) is 24.1 Å². The maximum atomic E-state index is 12.3. The molecule has 0 radical (unpaired) electrons. The summed E-state index contributed by atoms with van der Waals surface area (Å²) in [4.78, 5) is 0. The van der Waals surface area contributed by atoms with Crippen molar-refractivity contribution < 1.29 is 18.3 Å². The number of rotatable bonds is 3. The Kier molecular flexibility index (Phi) is 3.99. The van der Waals surface area contributed by atoms with Gasteiger partial charge >= 0.3 is 6.18 Å². The topological polar surface area (TPSA) is 20.2 Å². The van der Waals surface area contributed by atoms with E-state index in [2.05, 4.69) is 0 Å². The zero-order valence-corrected chi connectivity index (χ0v) is 8.52. The summed E-state index contributed by atoms with van der Waals surface area (Å²) >= 11 is 5.60. The molecule has 0 aliphatic carbocycles. The predicted molar refractivity (Wildman–Crippen MR) is 51.8 cm³/mol. The Hall–Kier alpha value is -0.740. The van der Waals surface area contributed by atoms with Crippen LogP contribution in [-0.2, 0) is 6.42 Å². The summed E-state index contributed by atoms with van der Waals surface area (Å²) in [6.07, 6.45) is -4.59. The van der Waals surface area contributed by atoms with E-state index in [1.165, 1.54) is 24.3 Å². The lowest BCUT2D eigenvalue weighted by Crippen LogP contribution is -2.28. The van der Waals surface area contributed by atoms with Gasteiger partial charge < -0.3 is 5.11 Å². The predicted octanol–water partition coefficient (Wildman–Crippen LogP) is 3.05. The third kappa shape index (κ3) is 3.72. The molecule has 1 N–H and O–H groups in total. The van der Waals surface area contributed by atoms with Gasteiger partial charge in [-0.2, -0.15) is 13.2 Å². The van der Waals surface area contributed by atoms with Crippen LogP contribution < -0.4 is 0 Å². The number of aliphatic hydroxyl groups is 1. The molecule has 0 bridgehead atoms. The van der Waals surface area contributed by atoms with Crippen molar-refractivity contribution in [2.45, 2.75) is 12.6 Å². The van der Waals surface area contributed by atoms with Gasteiger partial charge in [0.15, 0.2) is 0 Å². The fourth-order valence-corrected chi connectivity index (χ4v) is 1.31. The fourth-order valence-electron chi connectivity index (χ4n) is 1.19. The molecule has 1 nitrogen and oxygen atoms in total. The van der Waals surface area contributed by atoms with Crippen molar-refractivity contribution in [2.24, 2.45) is 5.92 Å². The highest BCUT2D eigenvalue weighted by atomic mass is 35.5. The lowest BCUT2D eigenvalue weighted by molar-refractivity contribution is -0.183. The van der Waals surface area contributed by atoms with Crippen molar-refractivity contribution in [2.75, 3.05) is 6.61 Å². The first kappa shape index (κ1) is 12.3. The van der Waals surface area contributed by atoms with Crippen molar-refractivity contribution in [3.8, 4) is 0 Å². The van der Waals surface area contributed by atoms with Crippen molar-refractivity contribution in [3.05, 3.63) is 34.9 Å². The summed E-state index contributed by atoms with van der Waals surface area (Å²) in [5.41, 5.74) is 0.510. The Bertz CT molecular complexity index is 307. The highest BCUT2D eigenvalue weighted by Gasteiger charge is 2.38. The Morgan fingerprint density at radius 1 is 1.20 bits per heavy atom. The number of aliphatic hydroxyl groups excluding tert-OH is 1. The standard InChI is InChI=1S/C10H10ClF3O/c11-9-3-1-7(2-4-9)5-8(6-15)10(12,13)14/h1-4,8,15H,5-6H2/t8-/m1/s1. The minimum absolute atomic E-state index is 0.225. The van der Waals surface area contributed by atoms with E-state index < -0.39 is 18.7 Å². The molecule has 0 saturated heterocycles. The van der Waals surface area contributed by atoms with E-state index in [-0.39, 0.29) is 6.42 Å². The number of alkyl halides is 3. The van der Waals surface area contributed by atoms with Gasteiger partial charge in [-0.3, -0.25) is 0 Å². The van der Waals surface area contributed by atoms with E-state index in [1.54, 1.807) is 0 Å². The Morgan fingerprint density at radius 3 is 2.13 bits per heavy atom. The smallest absolute Gasteiger partial charge is 0.394 e. The molecule has 0 aliphatic rings. The van der Waals surface area contributed by atoms with Crippen LogP contribution in [0.5, 0.6) is 0 Å². The molecular weight excluding hydrogens is 229 g/mol. The molecule has 1 aromatic carbocycles. The summed E-state index contributed by atoms with van der Waals surface area (Å²) < 4.78 is 36.9. The second-order valence-corrected chi connectivity index (χ2v) is 3.69. The van der Waals surface area contributed by atoms with Crippen molar-refractivity contribution in [1.82, 2.24) is 0 Å². The van der Waals surface area contributed by atoms with Gasteiger partial charge in [0.1, 0.15) is 0 Å². The largest absolute Gasteiger partial charge is 0.396 e. The molecule has 0 spiro atoms. The average molecular weight is 239 g/mol. The first-order valence-corrected chi connectivity index (χ1v) is 4.73. The van der Waals surface area contributed by atoms with Crippen LogP contribution in [0.15, 0.2) is 24.3 Å². The Morgan fingerprint density at radius 2 is 1.73 bits per heavy atom. The van der Waals surface area contributed by atoms with Crippen LogP contribution in [0.2, 0.25) is 5.02 Å². The van der Waals surface area contributed by atoms with Crippen molar-refractivity contribution >= 4 is 11.6 Å². The number of halogens is 4. The van der Waals surface area contributed by atoms with E-state index in [0.29, 0.717) is 10.6 Å². The first-order valence-electron chi connectivity index (χ1n) is 4.35. The zero-order valence-electron chi connectivity index (χ0n) is 7.76. The van der Waals surface area contributed by atoms with Gasteiger partial charge in [-0.25, -0.2) is 0 Å². The summed E-state index contributed by atoms with van der Waals surface area (Å²) in [7, 11) is 0. The second-order valence-electron chi connectivity index (χ2n) is 3.25. The molecule has 0 saturated carbocycles. The van der Waals surface area contributed by atoms with E-state index >= 15 is 0 Å². The molecule has 84 valence electrons. The number of hydrogen-bond acceptors (Lipinski definition) is 1. The van der Waals surface area contributed by atoms with Crippen LogP contribution in [0.3, 0.4) is 0 Å². The summed E-state index contributed by atoms with van der Waals surface area (Å²) in [6, 6.07) is 6.11. The van der Waals surface area contributed by atoms with E-state index in [1.807, 2.05) is 0 Å². The fraction of sp³-hybridized carbons (Fsp3) is 0.400. The van der Waals surface area contributed by atoms with Crippen LogP contribution in [-0.4, -0.2) is 17.9 Å². The SMILES string of the molecule is OC[C@@H](Cc1ccc(Cl)cc1)C(F)(F)F. The van der Waals surface area contributed by atoms with Crippen LogP contribution in [0.25, 0.3) is 0 Å².